The largest absolute Gasteiger partial charge is 0.461 e. The summed E-state index contributed by atoms with van der Waals surface area (Å²) in [5.41, 5.74) is 0.282. The lowest BCUT2D eigenvalue weighted by molar-refractivity contribution is 0.0474. The van der Waals surface area contributed by atoms with E-state index in [-0.39, 0.29) is 11.7 Å². The van der Waals surface area contributed by atoms with Gasteiger partial charge in [0.2, 0.25) is 0 Å². The minimum atomic E-state index is -0.378. The molecule has 0 N–H and O–H groups in total. The van der Waals surface area contributed by atoms with Gasteiger partial charge >= 0.3 is 5.97 Å². The molecule has 1 saturated carbocycles. The maximum Gasteiger partial charge on any atom is 0.360 e. The molecule has 19 heavy (non-hydrogen) atoms. The van der Waals surface area contributed by atoms with E-state index in [1.54, 1.807) is 22.2 Å². The van der Waals surface area contributed by atoms with Gasteiger partial charge in [0.1, 0.15) is 0 Å². The second-order valence-electron chi connectivity index (χ2n) is 4.95. The number of aromatic nitrogens is 3. The monoisotopic (exact) mass is 277 g/mol. The van der Waals surface area contributed by atoms with Gasteiger partial charge in [0.15, 0.2) is 5.69 Å². The van der Waals surface area contributed by atoms with Crippen molar-refractivity contribution in [3.8, 4) is 0 Å². The molecule has 2 aromatic rings. The summed E-state index contributed by atoms with van der Waals surface area (Å²) in [4.78, 5) is 12.9. The fraction of sp³-hybridized carbons (Fsp3) is 0.462. The summed E-state index contributed by atoms with van der Waals surface area (Å²) in [6, 6.07) is 4.02. The molecule has 0 aromatic carbocycles. The minimum Gasteiger partial charge on any atom is -0.461 e. The van der Waals surface area contributed by atoms with Crippen LogP contribution in [0.15, 0.2) is 23.7 Å². The summed E-state index contributed by atoms with van der Waals surface area (Å²) in [5, 5.41) is 9.81. The van der Waals surface area contributed by atoms with Crippen LogP contribution in [-0.2, 0) is 11.3 Å². The van der Waals surface area contributed by atoms with E-state index in [0.29, 0.717) is 25.0 Å². The Hall–Kier alpha value is -1.69. The molecule has 0 aliphatic heterocycles. The van der Waals surface area contributed by atoms with E-state index in [9.17, 15) is 4.79 Å². The summed E-state index contributed by atoms with van der Waals surface area (Å²) in [7, 11) is 0. The molecule has 1 fully saturated rings. The quantitative estimate of drug-likeness (QED) is 0.786. The summed E-state index contributed by atoms with van der Waals surface area (Å²) >= 11 is 1.65. The van der Waals surface area contributed by atoms with Gasteiger partial charge in [-0.15, -0.1) is 16.4 Å². The highest BCUT2D eigenvalue weighted by Gasteiger charge is 2.33. The Labute approximate surface area is 115 Å². The Morgan fingerprint density at radius 3 is 3.16 bits per heavy atom. The highest BCUT2D eigenvalue weighted by Crippen LogP contribution is 2.37. The lowest BCUT2D eigenvalue weighted by Gasteiger charge is -2.00. The van der Waals surface area contributed by atoms with Gasteiger partial charge in [-0.2, -0.15) is 0 Å². The highest BCUT2D eigenvalue weighted by molar-refractivity contribution is 7.09. The van der Waals surface area contributed by atoms with Crippen LogP contribution in [0.2, 0.25) is 0 Å². The molecule has 2 heterocycles. The number of carbonyl (C=O) groups is 1. The molecular formula is C13H15N3O2S. The number of esters is 1. The molecule has 0 spiro atoms. The number of hydrogen-bond acceptors (Lipinski definition) is 5. The van der Waals surface area contributed by atoms with Gasteiger partial charge < -0.3 is 4.74 Å². The first-order valence-corrected chi connectivity index (χ1v) is 7.20. The van der Waals surface area contributed by atoms with Crippen molar-refractivity contribution in [1.29, 1.82) is 0 Å². The van der Waals surface area contributed by atoms with Crippen molar-refractivity contribution in [2.75, 3.05) is 6.61 Å². The number of ether oxygens (including phenoxy) is 1. The topological polar surface area (TPSA) is 57.0 Å². The van der Waals surface area contributed by atoms with Gasteiger partial charge in [0, 0.05) is 4.88 Å². The molecule has 1 aliphatic rings. The third-order valence-electron chi connectivity index (χ3n) is 3.35. The summed E-state index contributed by atoms with van der Waals surface area (Å²) in [6.07, 6.45) is 2.79. The first kappa shape index (κ1) is 12.3. The normalized spacial score (nSPS) is 21.3. The number of rotatable bonds is 5. The molecule has 2 aromatic heterocycles. The van der Waals surface area contributed by atoms with Gasteiger partial charge in [0.05, 0.1) is 19.3 Å². The van der Waals surface area contributed by atoms with Gasteiger partial charge in [0.25, 0.3) is 0 Å². The number of nitrogens with zero attached hydrogens (tertiary/aromatic N) is 3. The molecule has 3 rings (SSSR count). The Morgan fingerprint density at radius 1 is 1.63 bits per heavy atom. The zero-order chi connectivity index (χ0) is 13.2. The van der Waals surface area contributed by atoms with E-state index >= 15 is 0 Å². The Kier molecular flexibility index (Phi) is 3.33. The van der Waals surface area contributed by atoms with Crippen molar-refractivity contribution in [2.45, 2.75) is 19.9 Å². The Morgan fingerprint density at radius 2 is 2.47 bits per heavy atom. The van der Waals surface area contributed by atoms with Gasteiger partial charge in [-0.25, -0.2) is 9.48 Å². The second kappa shape index (κ2) is 5.13. The van der Waals surface area contributed by atoms with Crippen molar-refractivity contribution in [2.24, 2.45) is 11.8 Å². The highest BCUT2D eigenvalue weighted by atomic mass is 32.1. The average molecular weight is 277 g/mol. The Bertz CT molecular complexity index is 564. The van der Waals surface area contributed by atoms with Gasteiger partial charge in [-0.1, -0.05) is 18.2 Å². The fourth-order valence-electron chi connectivity index (χ4n) is 1.92. The summed E-state index contributed by atoms with van der Waals surface area (Å²) in [6.45, 7) is 3.30. The zero-order valence-electron chi connectivity index (χ0n) is 10.7. The zero-order valence-corrected chi connectivity index (χ0v) is 11.5. The van der Waals surface area contributed by atoms with Crippen LogP contribution in [0.5, 0.6) is 0 Å². The van der Waals surface area contributed by atoms with Crippen molar-refractivity contribution < 1.29 is 9.53 Å². The maximum absolute atomic E-state index is 11.8. The number of hydrogen-bond donors (Lipinski definition) is 0. The van der Waals surface area contributed by atoms with E-state index in [2.05, 4.69) is 17.2 Å². The molecular weight excluding hydrogens is 262 g/mol. The van der Waals surface area contributed by atoms with Crippen molar-refractivity contribution >= 4 is 17.3 Å². The average Bonchev–Trinajstić information content (AvgIpc) is 2.87. The maximum atomic E-state index is 11.8. The van der Waals surface area contributed by atoms with Crippen LogP contribution in [-0.4, -0.2) is 27.6 Å². The van der Waals surface area contributed by atoms with Gasteiger partial charge in [-0.05, 0) is 29.7 Å². The summed E-state index contributed by atoms with van der Waals surface area (Å²) < 4.78 is 6.87. The van der Waals surface area contributed by atoms with E-state index < -0.39 is 0 Å². The Balaban J connectivity index is 1.56. The lowest BCUT2D eigenvalue weighted by Crippen LogP contribution is -2.08. The molecule has 0 radical (unpaired) electrons. The molecule has 2 atom stereocenters. The third kappa shape index (κ3) is 3.01. The molecule has 5 nitrogen and oxygen atoms in total. The number of thiophene rings is 1. The molecule has 0 saturated heterocycles. The molecule has 100 valence electrons. The minimum absolute atomic E-state index is 0.282. The van der Waals surface area contributed by atoms with Gasteiger partial charge in [-0.3, -0.25) is 0 Å². The number of carbonyl (C=O) groups excluding carboxylic acids is 1. The third-order valence-corrected chi connectivity index (χ3v) is 4.21. The van der Waals surface area contributed by atoms with Crippen molar-refractivity contribution in [3.63, 3.8) is 0 Å². The standard InChI is InChI=1S/C13H15N3O2S/c1-9-5-10(9)8-18-13(17)12-7-16(15-14-12)6-11-3-2-4-19-11/h2-4,7,9-10H,5-6,8H2,1H3/t9-,10-/m0/s1. The van der Waals surface area contributed by atoms with Crippen LogP contribution in [0.25, 0.3) is 0 Å². The van der Waals surface area contributed by atoms with Crippen LogP contribution in [0.3, 0.4) is 0 Å². The first-order chi connectivity index (χ1) is 9.22. The van der Waals surface area contributed by atoms with Crippen molar-refractivity contribution in [3.05, 3.63) is 34.3 Å². The summed E-state index contributed by atoms with van der Waals surface area (Å²) in [5.74, 6) is 0.837. The predicted molar refractivity (Wildman–Crippen MR) is 71.0 cm³/mol. The lowest BCUT2D eigenvalue weighted by atomic mass is 10.4. The molecule has 6 heteroatoms. The van der Waals surface area contributed by atoms with E-state index in [1.807, 2.05) is 17.5 Å². The SMILES string of the molecule is C[C@H]1C[C@H]1COC(=O)c1cn(Cc2cccs2)nn1. The fourth-order valence-corrected chi connectivity index (χ4v) is 2.62. The predicted octanol–water partition coefficient (Wildman–Crippen LogP) is 2.20. The van der Waals surface area contributed by atoms with Crippen LogP contribution in [0, 0.1) is 11.8 Å². The second-order valence-corrected chi connectivity index (χ2v) is 5.98. The van der Waals surface area contributed by atoms with E-state index in [4.69, 9.17) is 4.74 Å². The van der Waals surface area contributed by atoms with E-state index in [1.165, 1.54) is 4.88 Å². The van der Waals surface area contributed by atoms with Crippen LogP contribution in [0.1, 0.15) is 28.7 Å². The van der Waals surface area contributed by atoms with Crippen LogP contribution in [0.4, 0.5) is 0 Å². The molecule has 0 bridgehead atoms. The first-order valence-electron chi connectivity index (χ1n) is 6.32. The van der Waals surface area contributed by atoms with E-state index in [0.717, 1.165) is 6.42 Å². The molecule has 0 amide bonds. The van der Waals surface area contributed by atoms with Crippen molar-refractivity contribution in [1.82, 2.24) is 15.0 Å². The smallest absolute Gasteiger partial charge is 0.360 e. The molecule has 1 aliphatic carbocycles. The molecule has 0 unspecified atom stereocenters. The van der Waals surface area contributed by atoms with Crippen LogP contribution < -0.4 is 0 Å². The van der Waals surface area contributed by atoms with Crippen LogP contribution >= 0.6 is 11.3 Å².